The van der Waals surface area contributed by atoms with Gasteiger partial charge in [0.1, 0.15) is 6.61 Å². The van der Waals surface area contributed by atoms with Crippen LogP contribution in [0.3, 0.4) is 0 Å². The number of aromatic carboxylic acids is 1. The minimum absolute atomic E-state index is 0.136. The lowest BCUT2D eigenvalue weighted by Crippen LogP contribution is -2.16. The van der Waals surface area contributed by atoms with Gasteiger partial charge < -0.3 is 14.7 Å². The minimum atomic E-state index is -1.05. The summed E-state index contributed by atoms with van der Waals surface area (Å²) in [4.78, 5) is 45.4. The lowest BCUT2D eigenvalue weighted by atomic mass is 9.98. The molecule has 6 aromatic rings. The van der Waals surface area contributed by atoms with Gasteiger partial charge in [-0.05, 0) is 58.7 Å². The maximum Gasteiger partial charge on any atom is 0.337 e. The molecular formula is C32H25N7O7. The van der Waals surface area contributed by atoms with E-state index >= 15 is 0 Å². The maximum absolute atomic E-state index is 13.1. The monoisotopic (exact) mass is 619 g/mol. The minimum Gasteiger partial charge on any atom is -0.478 e. The fourth-order valence-electron chi connectivity index (χ4n) is 5.07. The largest absolute Gasteiger partial charge is 0.478 e. The van der Waals surface area contributed by atoms with Crippen LogP contribution in [0.4, 0.5) is 0 Å². The first kappa shape index (κ1) is 29.6. The third kappa shape index (κ3) is 5.99. The number of tetrazole rings is 1. The summed E-state index contributed by atoms with van der Waals surface area (Å²) in [6.07, 6.45) is 0. The van der Waals surface area contributed by atoms with Gasteiger partial charge in [0, 0.05) is 11.1 Å². The SMILES string of the molecule is CCOc1nc2cccc(C(=O)O)c2n1Cc1ccc(-c2ccccc2-c2nnn(C(=O)c3cccc(CO[N+](=O)[O-])c3)n2)cc1. The molecule has 1 N–H and O–H groups in total. The third-order valence-electron chi connectivity index (χ3n) is 7.11. The lowest BCUT2D eigenvalue weighted by molar-refractivity contribution is -0.763. The number of carboxylic acid groups (broad SMARTS) is 1. The molecule has 46 heavy (non-hydrogen) atoms. The van der Waals surface area contributed by atoms with Gasteiger partial charge in [0.05, 0.1) is 29.7 Å². The van der Waals surface area contributed by atoms with Crippen LogP contribution in [0.5, 0.6) is 6.01 Å². The van der Waals surface area contributed by atoms with Crippen molar-refractivity contribution in [2.24, 2.45) is 0 Å². The molecule has 2 heterocycles. The zero-order valence-electron chi connectivity index (χ0n) is 24.3. The molecule has 0 amide bonds. The number of carbonyl (C=O) groups is 2. The summed E-state index contributed by atoms with van der Waals surface area (Å²) in [5, 5.41) is 31.8. The first-order valence-electron chi connectivity index (χ1n) is 14.1. The molecule has 14 heteroatoms. The Hall–Kier alpha value is -6.44. The topological polar surface area (TPSA) is 177 Å². The fourth-order valence-corrected chi connectivity index (χ4v) is 5.07. The van der Waals surface area contributed by atoms with Crippen molar-refractivity contribution >= 4 is 22.9 Å². The van der Waals surface area contributed by atoms with Crippen molar-refractivity contribution in [2.75, 3.05) is 6.61 Å². The van der Waals surface area contributed by atoms with E-state index in [9.17, 15) is 24.8 Å². The standard InChI is InChI=1S/C32H25N7O7/c1-2-45-32-33-27-12-6-11-26(31(41)42)28(27)37(32)18-20-13-15-22(16-14-20)24-9-3-4-10-25(24)29-34-36-38(35-29)30(40)23-8-5-7-21(17-23)19-46-39(43)44/h3-17H,2,18-19H2,1H3,(H,41,42). The molecule has 0 atom stereocenters. The predicted octanol–water partition coefficient (Wildman–Crippen LogP) is 4.90. The molecule has 0 aliphatic rings. The zero-order valence-corrected chi connectivity index (χ0v) is 24.3. The smallest absolute Gasteiger partial charge is 0.337 e. The molecule has 2 aromatic heterocycles. The van der Waals surface area contributed by atoms with Gasteiger partial charge in [-0.15, -0.1) is 20.3 Å². The number of hydrogen-bond acceptors (Lipinski definition) is 10. The zero-order chi connectivity index (χ0) is 32.2. The summed E-state index contributed by atoms with van der Waals surface area (Å²) >= 11 is 0. The molecule has 0 saturated heterocycles. The highest BCUT2D eigenvalue weighted by molar-refractivity contribution is 6.01. The Kier molecular flexibility index (Phi) is 8.15. The second-order valence-corrected chi connectivity index (χ2v) is 10.0. The Labute approximate surface area is 260 Å². The van der Waals surface area contributed by atoms with E-state index in [0.717, 1.165) is 21.5 Å². The molecule has 0 bridgehead atoms. The quantitative estimate of drug-likeness (QED) is 0.154. The lowest BCUT2D eigenvalue weighted by Gasteiger charge is -2.12. The van der Waals surface area contributed by atoms with E-state index in [4.69, 9.17) is 4.74 Å². The number of para-hydroxylation sites is 1. The Morgan fingerprint density at radius 1 is 0.935 bits per heavy atom. The Balaban J connectivity index is 1.26. The van der Waals surface area contributed by atoms with Crippen LogP contribution in [0.15, 0.2) is 91.0 Å². The molecule has 0 aliphatic heterocycles. The van der Waals surface area contributed by atoms with Crippen molar-refractivity contribution in [1.29, 1.82) is 0 Å². The van der Waals surface area contributed by atoms with E-state index in [1.807, 2.05) is 55.5 Å². The van der Waals surface area contributed by atoms with Crippen molar-refractivity contribution in [1.82, 2.24) is 29.8 Å². The van der Waals surface area contributed by atoms with Crippen molar-refractivity contribution in [3.05, 3.63) is 123 Å². The molecule has 230 valence electrons. The number of imidazole rings is 1. The number of fused-ring (bicyclic) bond motifs is 1. The van der Waals surface area contributed by atoms with Gasteiger partial charge in [-0.25, -0.2) is 4.79 Å². The van der Waals surface area contributed by atoms with Gasteiger partial charge in [0.2, 0.25) is 5.82 Å². The van der Waals surface area contributed by atoms with Crippen molar-refractivity contribution in [2.45, 2.75) is 20.1 Å². The van der Waals surface area contributed by atoms with Crippen molar-refractivity contribution in [3.63, 3.8) is 0 Å². The third-order valence-corrected chi connectivity index (χ3v) is 7.11. The van der Waals surface area contributed by atoms with Crippen LogP contribution in [-0.4, -0.2) is 58.4 Å². The number of ether oxygens (including phenoxy) is 1. The molecule has 0 radical (unpaired) electrons. The molecule has 6 rings (SSSR count). The van der Waals surface area contributed by atoms with E-state index in [1.165, 1.54) is 6.07 Å². The molecule has 4 aromatic carbocycles. The number of carbonyl (C=O) groups excluding carboxylic acids is 1. The predicted molar refractivity (Wildman–Crippen MR) is 164 cm³/mol. The maximum atomic E-state index is 13.1. The Bertz CT molecular complexity index is 2090. The van der Waals surface area contributed by atoms with Gasteiger partial charge in [0.15, 0.2) is 0 Å². The molecule has 14 nitrogen and oxygen atoms in total. The Morgan fingerprint density at radius 2 is 1.70 bits per heavy atom. The first-order valence-corrected chi connectivity index (χ1v) is 14.1. The van der Waals surface area contributed by atoms with Gasteiger partial charge in [-0.2, -0.15) is 4.98 Å². The molecule has 0 fully saturated rings. The molecule has 0 unspecified atom stereocenters. The second-order valence-electron chi connectivity index (χ2n) is 10.0. The van der Waals surface area contributed by atoms with Crippen LogP contribution in [-0.2, 0) is 18.0 Å². The number of hydrogen-bond donors (Lipinski definition) is 1. The summed E-state index contributed by atoms with van der Waals surface area (Å²) in [7, 11) is 0. The summed E-state index contributed by atoms with van der Waals surface area (Å²) in [5.74, 6) is -1.38. The van der Waals surface area contributed by atoms with Crippen molar-refractivity contribution < 1.29 is 29.4 Å². The molecule has 0 aliphatic carbocycles. The Morgan fingerprint density at radius 3 is 2.43 bits per heavy atom. The number of nitrogens with zero attached hydrogens (tertiary/aromatic N) is 7. The van der Waals surface area contributed by atoms with Crippen LogP contribution in [0, 0.1) is 10.1 Å². The van der Waals surface area contributed by atoms with Crippen molar-refractivity contribution in [3.8, 4) is 28.5 Å². The summed E-state index contributed by atoms with van der Waals surface area (Å²) in [6, 6.07) is 26.6. The van der Waals surface area contributed by atoms with E-state index < -0.39 is 17.0 Å². The van der Waals surface area contributed by atoms with E-state index in [2.05, 4.69) is 25.2 Å². The van der Waals surface area contributed by atoms with Crippen LogP contribution in [0.2, 0.25) is 0 Å². The molecule has 0 saturated carbocycles. The van der Waals surface area contributed by atoms with Crippen LogP contribution >= 0.6 is 0 Å². The molecule has 0 spiro atoms. The summed E-state index contributed by atoms with van der Waals surface area (Å²) in [6.45, 7) is 2.24. The highest BCUT2D eigenvalue weighted by atomic mass is 16.9. The average molecular weight is 620 g/mol. The highest BCUT2D eigenvalue weighted by Crippen LogP contribution is 2.31. The average Bonchev–Trinajstić information content (AvgIpc) is 3.69. The fraction of sp³-hybridized carbons (Fsp3) is 0.125. The number of carboxylic acids is 1. The summed E-state index contributed by atoms with van der Waals surface area (Å²) < 4.78 is 7.50. The van der Waals surface area contributed by atoms with E-state index in [0.29, 0.717) is 41.3 Å². The normalized spacial score (nSPS) is 11.0. The highest BCUT2D eigenvalue weighted by Gasteiger charge is 2.20. The van der Waals surface area contributed by atoms with E-state index in [-0.39, 0.29) is 23.6 Å². The number of benzene rings is 4. The van der Waals surface area contributed by atoms with Gasteiger partial charge >= 0.3 is 5.97 Å². The van der Waals surface area contributed by atoms with E-state index in [1.54, 1.807) is 41.0 Å². The first-order chi connectivity index (χ1) is 22.3. The van der Waals surface area contributed by atoms with Gasteiger partial charge in [-0.1, -0.05) is 71.5 Å². The summed E-state index contributed by atoms with van der Waals surface area (Å²) in [5.41, 5.74) is 4.99. The van der Waals surface area contributed by atoms with Crippen LogP contribution in [0.1, 0.15) is 38.8 Å². The number of rotatable bonds is 11. The van der Waals surface area contributed by atoms with Crippen LogP contribution < -0.4 is 4.74 Å². The van der Waals surface area contributed by atoms with Crippen LogP contribution in [0.25, 0.3) is 33.5 Å². The van der Waals surface area contributed by atoms with Gasteiger partial charge in [-0.3, -0.25) is 9.36 Å². The number of aromatic nitrogens is 6. The second kappa shape index (κ2) is 12.7. The van der Waals surface area contributed by atoms with Gasteiger partial charge in [0.25, 0.3) is 17.0 Å². The molecular weight excluding hydrogens is 594 g/mol.